The van der Waals surface area contributed by atoms with Crippen LogP contribution < -0.4 is 5.73 Å². The second kappa shape index (κ2) is 11.0. The largest absolute Gasteiger partial charge is 0.383 e. The molecule has 0 spiro atoms. The zero-order valence-electron chi connectivity index (χ0n) is 12.1. The molecule has 0 saturated carbocycles. The van der Waals surface area contributed by atoms with Crippen LogP contribution in [0.4, 0.5) is 0 Å². The Hall–Kier alpha value is -1.14. The summed E-state index contributed by atoms with van der Waals surface area (Å²) in [4.78, 5) is 21.9. The minimum absolute atomic E-state index is 0.00347. The van der Waals surface area contributed by atoms with Crippen molar-refractivity contribution in [2.75, 3.05) is 33.4 Å². The fourth-order valence-electron chi connectivity index (χ4n) is 0.782. The molecule has 0 radical (unpaired) electrons. The zero-order valence-corrected chi connectivity index (χ0v) is 12.1. The molecule has 0 bridgehead atoms. The van der Waals surface area contributed by atoms with Gasteiger partial charge in [0.25, 0.3) is 0 Å². The van der Waals surface area contributed by atoms with Crippen LogP contribution in [0.3, 0.4) is 0 Å². The summed E-state index contributed by atoms with van der Waals surface area (Å²) in [7, 11) is 1.62. The predicted molar refractivity (Wildman–Crippen MR) is 70.1 cm³/mol. The van der Waals surface area contributed by atoms with Gasteiger partial charge >= 0.3 is 0 Å². The highest BCUT2D eigenvalue weighted by molar-refractivity contribution is 5.75. The van der Waals surface area contributed by atoms with Gasteiger partial charge in [-0.1, -0.05) is 0 Å². The summed E-state index contributed by atoms with van der Waals surface area (Å²) in [6, 6.07) is 0. The van der Waals surface area contributed by atoms with Crippen molar-refractivity contribution >= 4 is 12.3 Å². The van der Waals surface area contributed by atoms with Crippen LogP contribution in [-0.2, 0) is 19.1 Å². The quantitative estimate of drug-likeness (QED) is 0.673. The van der Waals surface area contributed by atoms with Crippen LogP contribution in [0.1, 0.15) is 27.7 Å². The lowest BCUT2D eigenvalue weighted by atomic mass is 10.2. The molecule has 18 heavy (non-hydrogen) atoms. The highest BCUT2D eigenvalue weighted by atomic mass is 16.5. The van der Waals surface area contributed by atoms with E-state index in [1.165, 1.54) is 0 Å². The number of nitrogens with zero attached hydrogens (tertiary/aromatic N) is 1. The number of hydrogen-bond donors (Lipinski definition) is 1. The molecule has 0 fully saturated rings. The molecule has 0 aliphatic carbocycles. The molecule has 0 aromatic rings. The fraction of sp³-hybridized carbons (Fsp3) is 0.833. The van der Waals surface area contributed by atoms with Gasteiger partial charge in [-0.25, -0.2) is 0 Å². The van der Waals surface area contributed by atoms with Crippen molar-refractivity contribution in [3.8, 4) is 0 Å². The molecule has 0 rings (SSSR count). The Kier molecular flexibility index (Phi) is 11.7. The van der Waals surface area contributed by atoms with E-state index < -0.39 is 5.91 Å². The normalized spacial score (nSPS) is 10.3. The van der Waals surface area contributed by atoms with E-state index in [2.05, 4.69) is 0 Å². The topological polar surface area (TPSA) is 81.9 Å². The number of hydrogen-bond acceptors (Lipinski definition) is 4. The van der Waals surface area contributed by atoms with Crippen molar-refractivity contribution in [2.45, 2.75) is 33.3 Å². The van der Waals surface area contributed by atoms with Crippen LogP contribution in [-0.4, -0.2) is 56.2 Å². The highest BCUT2D eigenvalue weighted by Crippen LogP contribution is 2.04. The third kappa shape index (κ3) is 17.3. The lowest BCUT2D eigenvalue weighted by Crippen LogP contribution is -2.27. The van der Waals surface area contributed by atoms with E-state index in [0.717, 1.165) is 13.0 Å². The standard InChI is InChI=1S/2C6H13NO2/c1-6(2,3)9-4-5(7)8;1-3-7(6-8)4-5-9-2/h4H2,1-3H3,(H2,7,8);6H,3-5H2,1-2H3. The molecule has 0 aromatic heterocycles. The van der Waals surface area contributed by atoms with Crippen molar-refractivity contribution in [2.24, 2.45) is 5.73 Å². The molecular formula is C12H26N2O4. The first-order valence-electron chi connectivity index (χ1n) is 5.87. The van der Waals surface area contributed by atoms with Crippen LogP contribution in [0.15, 0.2) is 0 Å². The molecule has 2 N–H and O–H groups in total. The van der Waals surface area contributed by atoms with Crippen LogP contribution in [0.5, 0.6) is 0 Å². The van der Waals surface area contributed by atoms with Gasteiger partial charge in [0.2, 0.25) is 12.3 Å². The van der Waals surface area contributed by atoms with E-state index in [0.29, 0.717) is 13.2 Å². The Labute approximate surface area is 109 Å². The van der Waals surface area contributed by atoms with Crippen LogP contribution in [0.2, 0.25) is 0 Å². The molecule has 0 heterocycles. The lowest BCUT2D eigenvalue weighted by molar-refractivity contribution is -0.127. The summed E-state index contributed by atoms with van der Waals surface area (Å²) in [5.74, 6) is -0.426. The number of carbonyl (C=O) groups is 2. The van der Waals surface area contributed by atoms with Gasteiger partial charge in [0.15, 0.2) is 0 Å². The third-order valence-corrected chi connectivity index (χ3v) is 1.79. The molecule has 0 unspecified atom stereocenters. The Morgan fingerprint density at radius 2 is 1.94 bits per heavy atom. The van der Waals surface area contributed by atoms with Gasteiger partial charge in [-0.05, 0) is 27.7 Å². The third-order valence-electron chi connectivity index (χ3n) is 1.79. The maximum Gasteiger partial charge on any atom is 0.243 e. The van der Waals surface area contributed by atoms with Crippen LogP contribution in [0.25, 0.3) is 0 Å². The first-order valence-corrected chi connectivity index (χ1v) is 5.87. The van der Waals surface area contributed by atoms with Crippen LogP contribution >= 0.6 is 0 Å². The van der Waals surface area contributed by atoms with Gasteiger partial charge in [0.05, 0.1) is 12.2 Å². The summed E-state index contributed by atoms with van der Waals surface area (Å²) in [5, 5.41) is 0. The van der Waals surface area contributed by atoms with Crippen molar-refractivity contribution in [1.82, 2.24) is 4.90 Å². The minimum Gasteiger partial charge on any atom is -0.383 e. The molecule has 6 heteroatoms. The van der Waals surface area contributed by atoms with Crippen molar-refractivity contribution in [3.63, 3.8) is 0 Å². The molecule has 0 aromatic carbocycles. The summed E-state index contributed by atoms with van der Waals surface area (Å²) < 4.78 is 9.79. The SMILES string of the molecule is CC(C)(C)OCC(N)=O.CCN(C=O)CCOC. The van der Waals surface area contributed by atoms with Gasteiger partial charge in [0, 0.05) is 20.2 Å². The summed E-state index contributed by atoms with van der Waals surface area (Å²) in [6.07, 6.45) is 0.832. The summed E-state index contributed by atoms with van der Waals surface area (Å²) in [6.45, 7) is 9.62. The minimum atomic E-state index is -0.426. The van der Waals surface area contributed by atoms with Gasteiger partial charge in [0.1, 0.15) is 6.61 Å². The van der Waals surface area contributed by atoms with E-state index in [1.807, 2.05) is 27.7 Å². The van der Waals surface area contributed by atoms with Gasteiger partial charge < -0.3 is 20.1 Å². The van der Waals surface area contributed by atoms with E-state index in [-0.39, 0.29) is 12.2 Å². The number of carbonyl (C=O) groups excluding carboxylic acids is 2. The molecule has 0 aliphatic rings. The van der Waals surface area contributed by atoms with Crippen molar-refractivity contribution in [3.05, 3.63) is 0 Å². The van der Waals surface area contributed by atoms with E-state index in [9.17, 15) is 9.59 Å². The average molecular weight is 262 g/mol. The number of primary amides is 1. The van der Waals surface area contributed by atoms with Crippen LogP contribution in [0, 0.1) is 0 Å². The smallest absolute Gasteiger partial charge is 0.243 e. The van der Waals surface area contributed by atoms with E-state index >= 15 is 0 Å². The summed E-state index contributed by atoms with van der Waals surface area (Å²) >= 11 is 0. The fourth-order valence-corrected chi connectivity index (χ4v) is 0.782. The second-order valence-electron chi connectivity index (χ2n) is 4.59. The van der Waals surface area contributed by atoms with Gasteiger partial charge in [-0.3, -0.25) is 9.59 Å². The maximum atomic E-state index is 10.1. The Balaban J connectivity index is 0. The molecule has 0 atom stereocenters. The monoisotopic (exact) mass is 262 g/mol. The number of methoxy groups -OCH3 is 1. The molecule has 6 nitrogen and oxygen atoms in total. The number of amides is 2. The number of likely N-dealkylation sites (N-methyl/N-ethyl adjacent to an activating group) is 1. The van der Waals surface area contributed by atoms with E-state index in [4.69, 9.17) is 15.2 Å². The zero-order chi connectivity index (χ0) is 14.6. The van der Waals surface area contributed by atoms with Gasteiger partial charge in [-0.2, -0.15) is 0 Å². The Morgan fingerprint density at radius 1 is 1.39 bits per heavy atom. The van der Waals surface area contributed by atoms with Crippen molar-refractivity contribution in [1.29, 1.82) is 0 Å². The van der Waals surface area contributed by atoms with E-state index in [1.54, 1.807) is 12.0 Å². The Bertz CT molecular complexity index is 227. The number of rotatable bonds is 7. The Morgan fingerprint density at radius 3 is 2.17 bits per heavy atom. The van der Waals surface area contributed by atoms with Crippen molar-refractivity contribution < 1.29 is 19.1 Å². The first-order chi connectivity index (χ1) is 8.26. The molecule has 2 amide bonds. The average Bonchev–Trinajstić information content (AvgIpc) is 2.28. The molecule has 0 aliphatic heterocycles. The number of nitrogens with two attached hydrogens (primary N) is 1. The second-order valence-corrected chi connectivity index (χ2v) is 4.59. The van der Waals surface area contributed by atoms with Gasteiger partial charge in [-0.15, -0.1) is 0 Å². The first kappa shape index (κ1) is 19.2. The highest BCUT2D eigenvalue weighted by Gasteiger charge is 2.10. The number of ether oxygens (including phenoxy) is 2. The molecule has 0 saturated heterocycles. The molecular weight excluding hydrogens is 236 g/mol. The molecule has 108 valence electrons. The lowest BCUT2D eigenvalue weighted by Gasteiger charge is -2.17. The summed E-state index contributed by atoms with van der Waals surface area (Å²) in [5.41, 5.74) is 4.57. The predicted octanol–water partition coefficient (Wildman–Crippen LogP) is 0.398. The maximum absolute atomic E-state index is 10.1.